The van der Waals surface area contributed by atoms with Gasteiger partial charge in [-0.15, -0.1) is 0 Å². The lowest BCUT2D eigenvalue weighted by Gasteiger charge is -2.36. The highest BCUT2D eigenvalue weighted by Gasteiger charge is 2.33. The number of hydrogen-bond donors (Lipinski definition) is 0. The molecule has 0 N–H and O–H groups in total. The average Bonchev–Trinajstić information content (AvgIpc) is 2.82. The van der Waals surface area contributed by atoms with E-state index in [4.69, 9.17) is 18.9 Å². The predicted octanol–water partition coefficient (Wildman–Crippen LogP) is 5.86. The van der Waals surface area contributed by atoms with E-state index in [9.17, 15) is 9.59 Å². The second kappa shape index (κ2) is 11.6. The molecule has 0 amide bonds. The molecule has 0 aromatic heterocycles. The molecule has 2 saturated carbocycles. The molecular weight excluding hydrogens is 420 g/mol. The van der Waals surface area contributed by atoms with Crippen LogP contribution in [0.5, 0.6) is 17.2 Å². The Morgan fingerprint density at radius 1 is 0.909 bits per heavy atom. The number of carbonyl (C=O) groups excluding carboxylic acids is 2. The molecule has 6 heteroatoms. The third-order valence-corrected chi connectivity index (χ3v) is 7.33. The second-order valence-electron chi connectivity index (χ2n) is 9.72. The van der Waals surface area contributed by atoms with E-state index in [0.717, 1.165) is 43.4 Å². The van der Waals surface area contributed by atoms with Gasteiger partial charge < -0.3 is 18.9 Å². The van der Waals surface area contributed by atoms with Crippen molar-refractivity contribution in [3.05, 3.63) is 29.8 Å². The van der Waals surface area contributed by atoms with Gasteiger partial charge in [-0.05, 0) is 63.2 Å². The number of methoxy groups -OCH3 is 2. The summed E-state index contributed by atoms with van der Waals surface area (Å²) < 4.78 is 21.9. The van der Waals surface area contributed by atoms with Crippen LogP contribution in [-0.2, 0) is 20.9 Å². The first kappa shape index (κ1) is 25.1. The first-order chi connectivity index (χ1) is 15.8. The molecule has 1 aromatic carbocycles. The Balaban J connectivity index is 1.60. The zero-order valence-electron chi connectivity index (χ0n) is 20.5. The molecule has 6 nitrogen and oxygen atoms in total. The van der Waals surface area contributed by atoms with Crippen LogP contribution < -0.4 is 14.2 Å². The normalized spacial score (nSPS) is 25.1. The van der Waals surface area contributed by atoms with Crippen LogP contribution in [0.15, 0.2) is 24.3 Å². The van der Waals surface area contributed by atoms with Crippen molar-refractivity contribution in [1.29, 1.82) is 0 Å². The number of esters is 2. The van der Waals surface area contributed by atoms with E-state index in [0.29, 0.717) is 28.4 Å². The zero-order chi connectivity index (χ0) is 24.0. The Labute approximate surface area is 197 Å². The molecule has 2 aliphatic rings. The van der Waals surface area contributed by atoms with E-state index >= 15 is 0 Å². The average molecular weight is 459 g/mol. The Kier molecular flexibility index (Phi) is 8.81. The van der Waals surface area contributed by atoms with E-state index in [-0.39, 0.29) is 18.5 Å². The molecular formula is C27H38O6. The fourth-order valence-corrected chi connectivity index (χ4v) is 5.21. The van der Waals surface area contributed by atoms with Gasteiger partial charge in [0.25, 0.3) is 0 Å². The van der Waals surface area contributed by atoms with E-state index in [1.807, 2.05) is 0 Å². The topological polar surface area (TPSA) is 71.1 Å². The number of hydrogen-bond acceptors (Lipinski definition) is 6. The Morgan fingerprint density at radius 3 is 1.91 bits per heavy atom. The van der Waals surface area contributed by atoms with Gasteiger partial charge in [-0.25, -0.2) is 4.79 Å². The van der Waals surface area contributed by atoms with E-state index in [1.54, 1.807) is 19.1 Å². The van der Waals surface area contributed by atoms with Gasteiger partial charge in [0.15, 0.2) is 0 Å². The maximum Gasteiger partial charge on any atom is 0.333 e. The maximum absolute atomic E-state index is 12.9. The smallest absolute Gasteiger partial charge is 0.333 e. The summed E-state index contributed by atoms with van der Waals surface area (Å²) in [5.74, 6) is 2.92. The van der Waals surface area contributed by atoms with Crippen molar-refractivity contribution < 1.29 is 28.5 Å². The van der Waals surface area contributed by atoms with Crippen molar-refractivity contribution in [3.8, 4) is 17.2 Å². The molecule has 0 bridgehead atoms. The van der Waals surface area contributed by atoms with Gasteiger partial charge >= 0.3 is 11.9 Å². The first-order valence-electron chi connectivity index (χ1n) is 12.1. The van der Waals surface area contributed by atoms with Crippen LogP contribution in [0.2, 0.25) is 0 Å². The first-order valence-corrected chi connectivity index (χ1v) is 12.1. The minimum Gasteiger partial charge on any atom is -0.496 e. The third-order valence-electron chi connectivity index (χ3n) is 7.33. The van der Waals surface area contributed by atoms with Crippen molar-refractivity contribution in [3.63, 3.8) is 0 Å². The molecule has 1 aromatic rings. The van der Waals surface area contributed by atoms with Crippen LogP contribution in [0, 0.1) is 23.7 Å². The number of carbonyl (C=O) groups is 2. The second-order valence-corrected chi connectivity index (χ2v) is 9.72. The SMILES string of the molecule is C=C(C)C(=O)OCc1c(OC)cc(OC(=O)C2CCC(C3CCC(C)CC3)CC2)cc1OC. The molecule has 33 heavy (non-hydrogen) atoms. The van der Waals surface area contributed by atoms with Crippen molar-refractivity contribution >= 4 is 11.9 Å². The summed E-state index contributed by atoms with van der Waals surface area (Å²) >= 11 is 0. The van der Waals surface area contributed by atoms with Gasteiger partial charge in [-0.1, -0.05) is 26.3 Å². The van der Waals surface area contributed by atoms with Gasteiger partial charge in [0, 0.05) is 17.7 Å². The van der Waals surface area contributed by atoms with Crippen LogP contribution in [0.3, 0.4) is 0 Å². The van der Waals surface area contributed by atoms with Gasteiger partial charge in [0.05, 0.1) is 25.7 Å². The fraction of sp³-hybridized carbons (Fsp3) is 0.630. The molecule has 2 fully saturated rings. The van der Waals surface area contributed by atoms with Crippen molar-refractivity contribution in [2.45, 2.75) is 71.8 Å². The summed E-state index contributed by atoms with van der Waals surface area (Å²) in [6, 6.07) is 3.28. The summed E-state index contributed by atoms with van der Waals surface area (Å²) in [6.07, 6.45) is 9.37. The van der Waals surface area contributed by atoms with E-state index in [2.05, 4.69) is 13.5 Å². The molecule has 0 radical (unpaired) electrons. The largest absolute Gasteiger partial charge is 0.496 e. The van der Waals surface area contributed by atoms with E-state index in [1.165, 1.54) is 39.9 Å². The highest BCUT2D eigenvalue weighted by molar-refractivity contribution is 5.87. The summed E-state index contributed by atoms with van der Waals surface area (Å²) in [7, 11) is 3.02. The van der Waals surface area contributed by atoms with Crippen molar-refractivity contribution in [1.82, 2.24) is 0 Å². The molecule has 0 aliphatic heterocycles. The summed E-state index contributed by atoms with van der Waals surface area (Å²) in [5.41, 5.74) is 0.878. The van der Waals surface area contributed by atoms with Crippen LogP contribution in [0.1, 0.15) is 70.8 Å². The monoisotopic (exact) mass is 458 g/mol. The van der Waals surface area contributed by atoms with Gasteiger partial charge in [-0.2, -0.15) is 0 Å². The molecule has 2 aliphatic carbocycles. The van der Waals surface area contributed by atoms with Crippen LogP contribution in [0.25, 0.3) is 0 Å². The standard InChI is InChI=1S/C27H38O6/c1-17(2)26(28)32-16-23-24(30-4)14-22(15-25(23)31-5)33-27(29)21-12-10-20(11-13-21)19-8-6-18(3)7-9-19/h14-15,18-21H,1,6-13,16H2,2-5H3. The number of ether oxygens (including phenoxy) is 4. The summed E-state index contributed by atoms with van der Waals surface area (Å²) in [5, 5.41) is 0. The fourth-order valence-electron chi connectivity index (χ4n) is 5.21. The minimum absolute atomic E-state index is 0.0315. The third kappa shape index (κ3) is 6.52. The lowest BCUT2D eigenvalue weighted by Crippen LogP contribution is -2.29. The van der Waals surface area contributed by atoms with Crippen molar-refractivity contribution in [2.75, 3.05) is 14.2 Å². The van der Waals surface area contributed by atoms with Crippen LogP contribution in [0.4, 0.5) is 0 Å². The Morgan fingerprint density at radius 2 is 1.42 bits per heavy atom. The number of benzene rings is 1. The predicted molar refractivity (Wildman–Crippen MR) is 126 cm³/mol. The maximum atomic E-state index is 12.9. The Hall–Kier alpha value is -2.50. The van der Waals surface area contributed by atoms with E-state index < -0.39 is 5.97 Å². The minimum atomic E-state index is -0.493. The Bertz CT molecular complexity index is 819. The molecule has 182 valence electrons. The van der Waals surface area contributed by atoms with Crippen molar-refractivity contribution in [2.24, 2.45) is 23.7 Å². The molecule has 0 heterocycles. The molecule has 0 unspecified atom stereocenters. The summed E-state index contributed by atoms with van der Waals surface area (Å²) in [4.78, 5) is 24.7. The molecule has 0 atom stereocenters. The molecule has 0 saturated heterocycles. The lowest BCUT2D eigenvalue weighted by atomic mass is 9.69. The quantitative estimate of drug-likeness (QED) is 0.276. The van der Waals surface area contributed by atoms with Crippen LogP contribution >= 0.6 is 0 Å². The van der Waals surface area contributed by atoms with Crippen LogP contribution in [-0.4, -0.2) is 26.2 Å². The molecule has 0 spiro atoms. The number of rotatable bonds is 8. The van der Waals surface area contributed by atoms with Gasteiger partial charge in [0.2, 0.25) is 0 Å². The van der Waals surface area contributed by atoms with Gasteiger partial charge in [0.1, 0.15) is 23.9 Å². The summed E-state index contributed by atoms with van der Waals surface area (Å²) in [6.45, 7) is 7.49. The van der Waals surface area contributed by atoms with Gasteiger partial charge in [-0.3, -0.25) is 4.79 Å². The zero-order valence-corrected chi connectivity index (χ0v) is 20.5. The molecule has 3 rings (SSSR count). The highest BCUT2D eigenvalue weighted by atomic mass is 16.5. The highest BCUT2D eigenvalue weighted by Crippen LogP contribution is 2.42. The lowest BCUT2D eigenvalue weighted by molar-refractivity contribution is -0.141.